The van der Waals surface area contributed by atoms with Crippen LogP contribution in [0.4, 0.5) is 11.4 Å². The minimum atomic E-state index is 0.603. The van der Waals surface area contributed by atoms with E-state index < -0.39 is 0 Å². The molecule has 3 aromatic carbocycles. The van der Waals surface area contributed by atoms with Gasteiger partial charge in [0.15, 0.2) is 5.11 Å². The second-order valence-electron chi connectivity index (χ2n) is 5.94. The van der Waals surface area contributed by atoms with Crippen molar-refractivity contribution in [3.8, 4) is 0 Å². The van der Waals surface area contributed by atoms with Gasteiger partial charge in [-0.15, -0.1) is 0 Å². The van der Waals surface area contributed by atoms with E-state index in [1.54, 1.807) is 0 Å². The smallest absolute Gasteiger partial charge is 0.175 e. The Kier molecular flexibility index (Phi) is 5.44. The van der Waals surface area contributed by atoms with Crippen molar-refractivity contribution in [2.75, 3.05) is 10.6 Å². The highest BCUT2D eigenvalue weighted by atomic mass is 32.1. The molecule has 0 aliphatic rings. The van der Waals surface area contributed by atoms with E-state index in [1.807, 2.05) is 18.2 Å². The van der Waals surface area contributed by atoms with Crippen LogP contribution < -0.4 is 10.6 Å². The van der Waals surface area contributed by atoms with E-state index in [-0.39, 0.29) is 0 Å². The van der Waals surface area contributed by atoms with Crippen molar-refractivity contribution in [1.82, 2.24) is 0 Å². The molecular weight excluding hydrogens is 312 g/mol. The molecule has 0 aliphatic carbocycles. The summed E-state index contributed by atoms with van der Waals surface area (Å²) in [6, 6.07) is 23.0. The number of thiocarbonyl (C=S) groups is 1. The van der Waals surface area contributed by atoms with E-state index >= 15 is 0 Å². The Morgan fingerprint density at radius 1 is 0.833 bits per heavy atom. The van der Waals surface area contributed by atoms with Crippen molar-refractivity contribution < 1.29 is 0 Å². The van der Waals surface area contributed by atoms with E-state index in [4.69, 9.17) is 12.2 Å². The Labute approximate surface area is 148 Å². The number of hydrogen-bond donors (Lipinski definition) is 2. The third-order valence-electron chi connectivity index (χ3n) is 4.04. The zero-order valence-corrected chi connectivity index (χ0v) is 14.7. The van der Waals surface area contributed by atoms with Crippen LogP contribution in [0.5, 0.6) is 0 Å². The molecule has 0 atom stereocenters. The van der Waals surface area contributed by atoms with Gasteiger partial charge in [0.1, 0.15) is 0 Å². The number of fused-ring (bicyclic) bond motifs is 1. The van der Waals surface area contributed by atoms with Gasteiger partial charge in [-0.1, -0.05) is 55.8 Å². The lowest BCUT2D eigenvalue weighted by Gasteiger charge is -2.12. The maximum atomic E-state index is 5.42. The largest absolute Gasteiger partial charge is 0.332 e. The van der Waals surface area contributed by atoms with Gasteiger partial charge in [0.05, 0.1) is 0 Å². The molecule has 2 nitrogen and oxygen atoms in total. The topological polar surface area (TPSA) is 24.1 Å². The van der Waals surface area contributed by atoms with Crippen LogP contribution in [0.15, 0.2) is 66.7 Å². The fourth-order valence-electron chi connectivity index (χ4n) is 2.70. The number of benzene rings is 3. The maximum absolute atomic E-state index is 5.42. The summed E-state index contributed by atoms with van der Waals surface area (Å²) in [4.78, 5) is 0. The number of nitrogens with one attached hydrogen (secondary N) is 2. The molecule has 2 N–H and O–H groups in total. The molecule has 0 saturated heterocycles. The minimum absolute atomic E-state index is 0.603. The van der Waals surface area contributed by atoms with Gasteiger partial charge in [-0.25, -0.2) is 0 Å². The molecule has 3 aromatic rings. The Balaban J connectivity index is 1.61. The van der Waals surface area contributed by atoms with Crippen LogP contribution >= 0.6 is 12.2 Å². The highest BCUT2D eigenvalue weighted by Crippen LogP contribution is 2.19. The van der Waals surface area contributed by atoms with Crippen LogP contribution in [0.2, 0.25) is 0 Å². The molecular formula is C21H22N2S. The van der Waals surface area contributed by atoms with Gasteiger partial charge in [0.25, 0.3) is 0 Å². The summed E-state index contributed by atoms with van der Waals surface area (Å²) in [5, 5.41) is 9.52. The summed E-state index contributed by atoms with van der Waals surface area (Å²) < 4.78 is 0. The van der Waals surface area contributed by atoms with Crippen molar-refractivity contribution in [3.63, 3.8) is 0 Å². The zero-order valence-electron chi connectivity index (χ0n) is 13.9. The van der Waals surface area contributed by atoms with Gasteiger partial charge in [-0.3, -0.25) is 0 Å². The Hall–Kier alpha value is -2.39. The van der Waals surface area contributed by atoms with Gasteiger partial charge < -0.3 is 10.6 Å². The molecule has 0 aromatic heterocycles. The highest BCUT2D eigenvalue weighted by Gasteiger charge is 2.01. The molecule has 0 amide bonds. The maximum Gasteiger partial charge on any atom is 0.175 e. The molecule has 0 heterocycles. The lowest BCUT2D eigenvalue weighted by molar-refractivity contribution is 0.795. The van der Waals surface area contributed by atoms with Crippen LogP contribution in [0.3, 0.4) is 0 Å². The Bertz CT molecular complexity index is 825. The normalized spacial score (nSPS) is 10.5. The summed E-state index contributed by atoms with van der Waals surface area (Å²) in [5.74, 6) is 0. The van der Waals surface area contributed by atoms with Gasteiger partial charge in [0, 0.05) is 11.4 Å². The van der Waals surface area contributed by atoms with Crippen molar-refractivity contribution in [3.05, 3.63) is 72.3 Å². The predicted octanol–water partition coefficient (Wildman–Crippen LogP) is 5.99. The van der Waals surface area contributed by atoms with Gasteiger partial charge >= 0.3 is 0 Å². The van der Waals surface area contributed by atoms with Crippen molar-refractivity contribution in [2.45, 2.75) is 26.2 Å². The van der Waals surface area contributed by atoms with Gasteiger partial charge in [-0.2, -0.15) is 0 Å². The standard InChI is InChI=1S/C21H22N2S/c1-2-3-6-16-9-12-19(13-10-16)22-21(24)23-20-14-11-17-7-4-5-8-18(17)15-20/h4-5,7-15H,2-3,6H2,1H3,(H2,22,23,24). The summed E-state index contributed by atoms with van der Waals surface area (Å²) in [7, 11) is 0. The lowest BCUT2D eigenvalue weighted by atomic mass is 10.1. The third-order valence-corrected chi connectivity index (χ3v) is 4.24. The molecule has 0 aliphatic heterocycles. The molecule has 0 spiro atoms. The fourth-order valence-corrected chi connectivity index (χ4v) is 2.93. The van der Waals surface area contributed by atoms with E-state index in [2.05, 4.69) is 66.1 Å². The second kappa shape index (κ2) is 7.93. The average Bonchev–Trinajstić information content (AvgIpc) is 2.61. The van der Waals surface area contributed by atoms with Crippen molar-refractivity contribution >= 4 is 39.5 Å². The number of unbranched alkanes of at least 4 members (excludes halogenated alkanes) is 1. The predicted molar refractivity (Wildman–Crippen MR) is 109 cm³/mol. The zero-order chi connectivity index (χ0) is 16.8. The number of aryl methyl sites for hydroxylation is 1. The average molecular weight is 334 g/mol. The SMILES string of the molecule is CCCCc1ccc(NC(=S)Nc2ccc3ccccc3c2)cc1. The quantitative estimate of drug-likeness (QED) is 0.560. The van der Waals surface area contributed by atoms with Crippen LogP contribution in [0, 0.1) is 0 Å². The summed E-state index contributed by atoms with van der Waals surface area (Å²) in [6.07, 6.45) is 3.59. The molecule has 3 rings (SSSR count). The van der Waals surface area contributed by atoms with E-state index in [0.717, 1.165) is 17.8 Å². The lowest BCUT2D eigenvalue weighted by Crippen LogP contribution is -2.18. The first-order valence-corrected chi connectivity index (χ1v) is 8.81. The molecule has 0 bridgehead atoms. The van der Waals surface area contributed by atoms with Crippen LogP contribution in [0.25, 0.3) is 10.8 Å². The number of hydrogen-bond acceptors (Lipinski definition) is 1. The van der Waals surface area contributed by atoms with Crippen LogP contribution in [-0.2, 0) is 6.42 Å². The molecule has 0 saturated carbocycles. The van der Waals surface area contributed by atoms with Gasteiger partial charge in [-0.05, 0) is 65.7 Å². The molecule has 0 radical (unpaired) electrons. The Morgan fingerprint density at radius 2 is 1.50 bits per heavy atom. The molecule has 122 valence electrons. The van der Waals surface area contributed by atoms with E-state index in [9.17, 15) is 0 Å². The first kappa shape index (κ1) is 16.5. The number of rotatable bonds is 5. The molecule has 0 unspecified atom stereocenters. The monoisotopic (exact) mass is 334 g/mol. The van der Waals surface area contributed by atoms with Crippen molar-refractivity contribution in [1.29, 1.82) is 0 Å². The third kappa shape index (κ3) is 4.33. The fraction of sp³-hybridized carbons (Fsp3) is 0.190. The Morgan fingerprint density at radius 3 is 2.25 bits per heavy atom. The van der Waals surface area contributed by atoms with Gasteiger partial charge in [0.2, 0.25) is 0 Å². The molecule has 3 heteroatoms. The summed E-state index contributed by atoms with van der Waals surface area (Å²) >= 11 is 5.42. The first-order chi connectivity index (χ1) is 11.7. The summed E-state index contributed by atoms with van der Waals surface area (Å²) in [5.41, 5.74) is 3.37. The second-order valence-corrected chi connectivity index (χ2v) is 6.35. The van der Waals surface area contributed by atoms with Crippen LogP contribution in [-0.4, -0.2) is 5.11 Å². The van der Waals surface area contributed by atoms with E-state index in [1.165, 1.54) is 29.2 Å². The van der Waals surface area contributed by atoms with Crippen molar-refractivity contribution in [2.24, 2.45) is 0 Å². The first-order valence-electron chi connectivity index (χ1n) is 8.40. The molecule has 24 heavy (non-hydrogen) atoms. The van der Waals surface area contributed by atoms with Crippen LogP contribution in [0.1, 0.15) is 25.3 Å². The van der Waals surface area contributed by atoms with E-state index in [0.29, 0.717) is 5.11 Å². The number of anilines is 2. The summed E-state index contributed by atoms with van der Waals surface area (Å²) in [6.45, 7) is 2.22. The minimum Gasteiger partial charge on any atom is -0.332 e. The molecule has 0 fully saturated rings. The highest BCUT2D eigenvalue weighted by molar-refractivity contribution is 7.80.